The second kappa shape index (κ2) is 5.23. The molecule has 20 heavy (non-hydrogen) atoms. The second-order valence-corrected chi connectivity index (χ2v) is 4.95. The summed E-state index contributed by atoms with van der Waals surface area (Å²) in [7, 11) is 1.80. The molecule has 0 radical (unpaired) electrons. The quantitative estimate of drug-likeness (QED) is 0.800. The Hall–Kier alpha value is -1.91. The smallest absolute Gasteiger partial charge is 0.129 e. The number of benzene rings is 1. The van der Waals surface area contributed by atoms with Crippen LogP contribution in [0, 0.1) is 5.82 Å². The number of pyridine rings is 1. The fourth-order valence-corrected chi connectivity index (χ4v) is 2.55. The highest BCUT2D eigenvalue weighted by atomic mass is 35.5. The first kappa shape index (κ1) is 13.1. The van der Waals surface area contributed by atoms with Crippen molar-refractivity contribution in [1.29, 1.82) is 0 Å². The maximum Gasteiger partial charge on any atom is 0.129 e. The Morgan fingerprint density at radius 2 is 2.10 bits per heavy atom. The molecule has 0 spiro atoms. The van der Waals surface area contributed by atoms with E-state index in [2.05, 4.69) is 10.4 Å². The predicted octanol–water partition coefficient (Wildman–Crippen LogP) is 3.44. The van der Waals surface area contributed by atoms with Gasteiger partial charge >= 0.3 is 0 Å². The van der Waals surface area contributed by atoms with Gasteiger partial charge in [-0.2, -0.15) is 5.10 Å². The topological polar surface area (TPSA) is 29.3 Å². The van der Waals surface area contributed by atoms with Crippen LogP contribution in [-0.2, 0) is 0 Å². The van der Waals surface area contributed by atoms with Crippen molar-refractivity contribution in [3.63, 3.8) is 0 Å². The van der Waals surface area contributed by atoms with Crippen molar-refractivity contribution in [3.8, 4) is 0 Å². The van der Waals surface area contributed by atoms with Gasteiger partial charge in [-0.3, -0.25) is 0 Å². The summed E-state index contributed by atoms with van der Waals surface area (Å²) in [6.07, 6.45) is 3.62. The number of aromatic nitrogens is 2. The second-order valence-electron chi connectivity index (χ2n) is 4.52. The van der Waals surface area contributed by atoms with Crippen LogP contribution in [0.25, 0.3) is 5.52 Å². The molecule has 1 aromatic carbocycles. The van der Waals surface area contributed by atoms with Gasteiger partial charge in [-0.25, -0.2) is 8.91 Å². The molecular weight excluding hydrogens is 277 g/mol. The molecule has 1 atom stereocenters. The van der Waals surface area contributed by atoms with Crippen molar-refractivity contribution in [2.75, 3.05) is 7.05 Å². The highest BCUT2D eigenvalue weighted by molar-refractivity contribution is 6.30. The number of hydrogen-bond acceptors (Lipinski definition) is 2. The molecule has 0 aliphatic carbocycles. The lowest BCUT2D eigenvalue weighted by Gasteiger charge is -2.16. The van der Waals surface area contributed by atoms with Gasteiger partial charge < -0.3 is 5.32 Å². The minimum atomic E-state index is -0.327. The van der Waals surface area contributed by atoms with Crippen LogP contribution in [0.2, 0.25) is 5.02 Å². The Balaban J connectivity index is 2.14. The lowest BCUT2D eigenvalue weighted by Crippen LogP contribution is -2.18. The average molecular weight is 290 g/mol. The van der Waals surface area contributed by atoms with E-state index >= 15 is 0 Å². The first-order valence-corrected chi connectivity index (χ1v) is 6.63. The molecule has 0 aliphatic heterocycles. The third-order valence-corrected chi connectivity index (χ3v) is 3.56. The minimum absolute atomic E-state index is 0.271. The van der Waals surface area contributed by atoms with Crippen molar-refractivity contribution in [2.45, 2.75) is 6.04 Å². The molecule has 0 amide bonds. The summed E-state index contributed by atoms with van der Waals surface area (Å²) in [5.41, 5.74) is 2.42. The molecule has 2 heterocycles. The molecule has 3 aromatic rings. The molecule has 1 unspecified atom stereocenters. The summed E-state index contributed by atoms with van der Waals surface area (Å²) in [5, 5.41) is 7.81. The molecule has 2 aromatic heterocycles. The third-order valence-electron chi connectivity index (χ3n) is 3.33. The first-order chi connectivity index (χ1) is 9.70. The molecule has 3 nitrogen and oxygen atoms in total. The van der Waals surface area contributed by atoms with Gasteiger partial charge in [-0.05, 0) is 31.3 Å². The maximum absolute atomic E-state index is 14.1. The molecule has 0 aliphatic rings. The number of rotatable bonds is 3. The standard InChI is InChI=1S/C15H13ClFN3/c1-18-15(11-6-5-10(16)8-13(11)17)12-9-19-20-7-3-2-4-14(12)20/h2-9,15,18H,1H3. The van der Waals surface area contributed by atoms with Crippen LogP contribution in [0.3, 0.4) is 0 Å². The van der Waals surface area contributed by atoms with Gasteiger partial charge in [0.15, 0.2) is 0 Å². The highest BCUT2D eigenvalue weighted by Crippen LogP contribution is 2.28. The Morgan fingerprint density at radius 1 is 1.25 bits per heavy atom. The van der Waals surface area contributed by atoms with Crippen molar-refractivity contribution in [1.82, 2.24) is 14.9 Å². The van der Waals surface area contributed by atoms with Gasteiger partial charge in [0.2, 0.25) is 0 Å². The summed E-state index contributed by atoms with van der Waals surface area (Å²) in [6.45, 7) is 0. The monoisotopic (exact) mass is 289 g/mol. The SMILES string of the molecule is CNC(c1ccc(Cl)cc1F)c1cnn2ccccc12. The minimum Gasteiger partial charge on any atom is -0.309 e. The molecule has 5 heteroatoms. The van der Waals surface area contributed by atoms with Crippen LogP contribution in [0.1, 0.15) is 17.2 Å². The summed E-state index contributed by atoms with van der Waals surface area (Å²) < 4.78 is 15.9. The van der Waals surface area contributed by atoms with Crippen LogP contribution in [0.4, 0.5) is 4.39 Å². The number of fused-ring (bicyclic) bond motifs is 1. The van der Waals surface area contributed by atoms with Crippen LogP contribution in [0.15, 0.2) is 48.8 Å². The zero-order valence-electron chi connectivity index (χ0n) is 10.8. The lowest BCUT2D eigenvalue weighted by atomic mass is 9.99. The van der Waals surface area contributed by atoms with Crippen molar-refractivity contribution in [2.24, 2.45) is 0 Å². The van der Waals surface area contributed by atoms with Crippen LogP contribution >= 0.6 is 11.6 Å². The highest BCUT2D eigenvalue weighted by Gasteiger charge is 2.20. The average Bonchev–Trinajstić information content (AvgIpc) is 2.86. The third kappa shape index (κ3) is 2.17. The molecule has 0 fully saturated rings. The summed E-state index contributed by atoms with van der Waals surface area (Å²) in [6, 6.07) is 10.2. The Labute approximate surface area is 121 Å². The summed E-state index contributed by atoms with van der Waals surface area (Å²) in [4.78, 5) is 0. The normalized spacial score (nSPS) is 12.8. The first-order valence-electron chi connectivity index (χ1n) is 6.25. The molecule has 0 bridgehead atoms. The fourth-order valence-electron chi connectivity index (χ4n) is 2.39. The van der Waals surface area contributed by atoms with E-state index in [0.29, 0.717) is 10.6 Å². The Bertz CT molecular complexity index is 754. The van der Waals surface area contributed by atoms with E-state index in [4.69, 9.17) is 11.6 Å². The van der Waals surface area contributed by atoms with E-state index in [9.17, 15) is 4.39 Å². The number of nitrogens with zero attached hydrogens (tertiary/aromatic N) is 2. The molecule has 1 N–H and O–H groups in total. The van der Waals surface area contributed by atoms with Gasteiger partial charge in [0.25, 0.3) is 0 Å². The van der Waals surface area contributed by atoms with Crippen molar-refractivity contribution in [3.05, 3.63) is 70.8 Å². The maximum atomic E-state index is 14.1. The molecule has 0 saturated heterocycles. The van der Waals surface area contributed by atoms with E-state index in [1.807, 2.05) is 24.4 Å². The Kier molecular flexibility index (Phi) is 3.42. The number of halogens is 2. The van der Waals surface area contributed by atoms with Gasteiger partial charge in [0, 0.05) is 22.3 Å². The zero-order valence-corrected chi connectivity index (χ0v) is 11.6. The van der Waals surface area contributed by atoms with E-state index in [0.717, 1.165) is 11.1 Å². The van der Waals surface area contributed by atoms with Gasteiger partial charge in [-0.1, -0.05) is 23.7 Å². The molecular formula is C15H13ClFN3. The zero-order chi connectivity index (χ0) is 14.1. The van der Waals surface area contributed by atoms with Crippen molar-refractivity contribution >= 4 is 17.1 Å². The van der Waals surface area contributed by atoms with E-state index in [1.54, 1.807) is 29.9 Å². The lowest BCUT2D eigenvalue weighted by molar-refractivity contribution is 0.577. The van der Waals surface area contributed by atoms with Gasteiger partial charge in [0.05, 0.1) is 17.8 Å². The van der Waals surface area contributed by atoms with Gasteiger partial charge in [-0.15, -0.1) is 0 Å². The largest absolute Gasteiger partial charge is 0.309 e. The summed E-state index contributed by atoms with van der Waals surface area (Å²) >= 11 is 5.81. The number of hydrogen-bond donors (Lipinski definition) is 1. The molecule has 3 rings (SSSR count). The molecule has 0 saturated carbocycles. The molecule has 102 valence electrons. The predicted molar refractivity (Wildman–Crippen MR) is 77.5 cm³/mol. The van der Waals surface area contributed by atoms with Crippen LogP contribution < -0.4 is 5.32 Å². The van der Waals surface area contributed by atoms with E-state index in [-0.39, 0.29) is 11.9 Å². The van der Waals surface area contributed by atoms with Crippen LogP contribution in [-0.4, -0.2) is 16.7 Å². The van der Waals surface area contributed by atoms with E-state index < -0.39 is 0 Å². The van der Waals surface area contributed by atoms with Crippen LogP contribution in [0.5, 0.6) is 0 Å². The van der Waals surface area contributed by atoms with Crippen molar-refractivity contribution < 1.29 is 4.39 Å². The van der Waals surface area contributed by atoms with Gasteiger partial charge in [0.1, 0.15) is 5.82 Å². The summed E-state index contributed by atoms with van der Waals surface area (Å²) in [5.74, 6) is -0.327. The number of nitrogens with one attached hydrogen (secondary N) is 1. The Morgan fingerprint density at radius 3 is 2.85 bits per heavy atom. The fraction of sp³-hybridized carbons (Fsp3) is 0.133. The van der Waals surface area contributed by atoms with E-state index in [1.165, 1.54) is 6.07 Å².